The maximum absolute atomic E-state index is 12.1. The highest BCUT2D eigenvalue weighted by atomic mass is 32.2. The molecule has 0 unspecified atom stereocenters. The molecule has 20 heavy (non-hydrogen) atoms. The molecule has 0 bridgehead atoms. The largest absolute Gasteiger partial charge is 0.322 e. The number of carbonyl (C=O) groups excluding carboxylic acids is 1. The van der Waals surface area contributed by atoms with Gasteiger partial charge in [-0.1, -0.05) is 17.7 Å². The molecular formula is C13H14N2O3S2. The molecule has 7 heteroatoms. The standard InChI is InChI=1S/C13H14N2O3S2/c1-8-3-4-11(9(2)5-8)15-13(16)10-6-12(19-7-10)20(14,17)18/h3-7H,1-2H3,(H,15,16)(H2,14,17,18). The van der Waals surface area contributed by atoms with Crippen LogP contribution in [0.5, 0.6) is 0 Å². The Morgan fingerprint density at radius 3 is 2.50 bits per heavy atom. The molecule has 2 aromatic rings. The number of benzene rings is 1. The van der Waals surface area contributed by atoms with Crippen LogP contribution in [-0.2, 0) is 10.0 Å². The van der Waals surface area contributed by atoms with Crippen molar-refractivity contribution in [1.82, 2.24) is 0 Å². The van der Waals surface area contributed by atoms with Gasteiger partial charge in [-0.25, -0.2) is 13.6 Å². The summed E-state index contributed by atoms with van der Waals surface area (Å²) in [7, 11) is -3.76. The molecule has 106 valence electrons. The van der Waals surface area contributed by atoms with Gasteiger partial charge in [0.05, 0.1) is 5.56 Å². The van der Waals surface area contributed by atoms with Gasteiger partial charge < -0.3 is 5.32 Å². The SMILES string of the molecule is Cc1ccc(NC(=O)c2csc(S(N)(=O)=O)c2)c(C)c1. The Bertz CT molecular complexity index is 764. The fourth-order valence-corrected chi connectivity index (χ4v) is 3.32. The molecule has 0 aliphatic heterocycles. The molecule has 5 nitrogen and oxygen atoms in total. The van der Waals surface area contributed by atoms with Crippen molar-refractivity contribution < 1.29 is 13.2 Å². The molecule has 1 heterocycles. The summed E-state index contributed by atoms with van der Waals surface area (Å²) in [5.41, 5.74) is 3.02. The van der Waals surface area contributed by atoms with Crippen LogP contribution in [0.25, 0.3) is 0 Å². The molecule has 0 fully saturated rings. The first-order chi connectivity index (χ1) is 9.27. The van der Waals surface area contributed by atoms with Gasteiger partial charge in [0.15, 0.2) is 0 Å². The first-order valence-electron chi connectivity index (χ1n) is 5.77. The van der Waals surface area contributed by atoms with Crippen molar-refractivity contribution >= 4 is 33.0 Å². The van der Waals surface area contributed by atoms with Gasteiger partial charge in [-0.05, 0) is 31.5 Å². The summed E-state index contributed by atoms with van der Waals surface area (Å²) in [5.74, 6) is -0.358. The second kappa shape index (κ2) is 5.35. The Morgan fingerprint density at radius 2 is 1.95 bits per heavy atom. The van der Waals surface area contributed by atoms with Crippen LogP contribution < -0.4 is 10.5 Å². The van der Waals surface area contributed by atoms with Crippen molar-refractivity contribution in [2.75, 3.05) is 5.32 Å². The van der Waals surface area contributed by atoms with Crippen LogP contribution in [0.1, 0.15) is 21.5 Å². The normalized spacial score (nSPS) is 11.3. The molecule has 0 aliphatic rings. The molecule has 0 saturated heterocycles. The second-order valence-corrected chi connectivity index (χ2v) is 7.17. The van der Waals surface area contributed by atoms with Crippen LogP contribution in [0.2, 0.25) is 0 Å². The van der Waals surface area contributed by atoms with Gasteiger partial charge in [-0.15, -0.1) is 11.3 Å². The summed E-state index contributed by atoms with van der Waals surface area (Å²) in [6.07, 6.45) is 0. The molecule has 0 spiro atoms. The Balaban J connectivity index is 2.22. The number of nitrogens with one attached hydrogen (secondary N) is 1. The Morgan fingerprint density at radius 1 is 1.25 bits per heavy atom. The van der Waals surface area contributed by atoms with Gasteiger partial charge in [-0.3, -0.25) is 4.79 Å². The summed E-state index contributed by atoms with van der Waals surface area (Å²) in [6.45, 7) is 3.86. The van der Waals surface area contributed by atoms with E-state index in [1.807, 2.05) is 32.0 Å². The van der Waals surface area contributed by atoms with Crippen LogP contribution in [0, 0.1) is 13.8 Å². The highest BCUT2D eigenvalue weighted by molar-refractivity contribution is 7.91. The Kier molecular flexibility index (Phi) is 3.94. The number of anilines is 1. The lowest BCUT2D eigenvalue weighted by Crippen LogP contribution is -2.13. The summed E-state index contributed by atoms with van der Waals surface area (Å²) in [5, 5.41) is 9.24. The Hall–Kier alpha value is -1.70. The number of primary sulfonamides is 1. The van der Waals surface area contributed by atoms with E-state index < -0.39 is 10.0 Å². The predicted molar refractivity (Wildman–Crippen MR) is 79.6 cm³/mol. The van der Waals surface area contributed by atoms with E-state index in [1.165, 1.54) is 11.4 Å². The topological polar surface area (TPSA) is 89.3 Å². The number of amides is 1. The fraction of sp³-hybridized carbons (Fsp3) is 0.154. The van der Waals surface area contributed by atoms with Gasteiger partial charge in [0.1, 0.15) is 4.21 Å². The summed E-state index contributed by atoms with van der Waals surface area (Å²) in [6, 6.07) is 6.94. The van der Waals surface area contributed by atoms with Crippen molar-refractivity contribution in [3.63, 3.8) is 0 Å². The highest BCUT2D eigenvalue weighted by Crippen LogP contribution is 2.21. The predicted octanol–water partition coefficient (Wildman–Crippen LogP) is 2.26. The van der Waals surface area contributed by atoms with E-state index in [2.05, 4.69) is 5.32 Å². The van der Waals surface area contributed by atoms with E-state index in [0.29, 0.717) is 5.69 Å². The average Bonchev–Trinajstić information content (AvgIpc) is 2.82. The zero-order valence-electron chi connectivity index (χ0n) is 11.0. The minimum atomic E-state index is -3.76. The smallest absolute Gasteiger partial charge is 0.256 e. The van der Waals surface area contributed by atoms with Crippen molar-refractivity contribution in [2.45, 2.75) is 18.1 Å². The van der Waals surface area contributed by atoms with E-state index in [-0.39, 0.29) is 15.7 Å². The number of hydrogen-bond acceptors (Lipinski definition) is 4. The van der Waals surface area contributed by atoms with Gasteiger partial charge >= 0.3 is 0 Å². The number of rotatable bonds is 3. The number of hydrogen-bond donors (Lipinski definition) is 2. The molecule has 1 amide bonds. The van der Waals surface area contributed by atoms with Crippen LogP contribution in [0.3, 0.4) is 0 Å². The lowest BCUT2D eigenvalue weighted by Gasteiger charge is -2.08. The third-order valence-electron chi connectivity index (χ3n) is 2.75. The van der Waals surface area contributed by atoms with Crippen LogP contribution in [-0.4, -0.2) is 14.3 Å². The van der Waals surface area contributed by atoms with Crippen molar-refractivity contribution in [2.24, 2.45) is 5.14 Å². The highest BCUT2D eigenvalue weighted by Gasteiger charge is 2.15. The number of carbonyl (C=O) groups is 1. The maximum atomic E-state index is 12.1. The van der Waals surface area contributed by atoms with E-state index in [4.69, 9.17) is 5.14 Å². The molecule has 1 aromatic heterocycles. The lowest BCUT2D eigenvalue weighted by molar-refractivity contribution is 0.102. The summed E-state index contributed by atoms with van der Waals surface area (Å²) in [4.78, 5) is 12.1. The molecule has 0 atom stereocenters. The van der Waals surface area contributed by atoms with Gasteiger partial charge in [0.2, 0.25) is 10.0 Å². The third-order valence-corrected chi connectivity index (χ3v) is 5.13. The minimum Gasteiger partial charge on any atom is -0.322 e. The second-order valence-electron chi connectivity index (χ2n) is 4.47. The van der Waals surface area contributed by atoms with Crippen LogP contribution in [0.15, 0.2) is 33.9 Å². The number of thiophene rings is 1. The fourth-order valence-electron chi connectivity index (χ4n) is 1.73. The number of nitrogens with two attached hydrogens (primary N) is 1. The van der Waals surface area contributed by atoms with Crippen LogP contribution in [0.4, 0.5) is 5.69 Å². The average molecular weight is 310 g/mol. The van der Waals surface area contributed by atoms with Gasteiger partial charge in [-0.2, -0.15) is 0 Å². The zero-order valence-corrected chi connectivity index (χ0v) is 12.6. The number of sulfonamides is 1. The molecule has 0 aliphatic carbocycles. The molecular weight excluding hydrogens is 296 g/mol. The maximum Gasteiger partial charge on any atom is 0.256 e. The molecule has 1 aromatic carbocycles. The van der Waals surface area contributed by atoms with E-state index in [0.717, 1.165) is 22.5 Å². The Labute approximate surface area is 121 Å². The molecule has 0 radical (unpaired) electrons. The van der Waals surface area contributed by atoms with Gasteiger partial charge in [0.25, 0.3) is 5.91 Å². The monoisotopic (exact) mass is 310 g/mol. The molecule has 3 N–H and O–H groups in total. The molecule has 0 saturated carbocycles. The third kappa shape index (κ3) is 3.24. The lowest BCUT2D eigenvalue weighted by atomic mass is 10.1. The van der Waals surface area contributed by atoms with E-state index >= 15 is 0 Å². The zero-order chi connectivity index (χ0) is 14.9. The van der Waals surface area contributed by atoms with Crippen molar-refractivity contribution in [3.8, 4) is 0 Å². The quantitative estimate of drug-likeness (QED) is 0.911. The summed E-state index contributed by atoms with van der Waals surface area (Å²) >= 11 is 0.928. The number of aryl methyl sites for hydroxylation is 2. The molecule has 2 rings (SSSR count). The summed E-state index contributed by atoms with van der Waals surface area (Å²) < 4.78 is 22.3. The van der Waals surface area contributed by atoms with Crippen molar-refractivity contribution in [1.29, 1.82) is 0 Å². The van der Waals surface area contributed by atoms with Gasteiger partial charge in [0, 0.05) is 11.1 Å². The van der Waals surface area contributed by atoms with Crippen LogP contribution >= 0.6 is 11.3 Å². The first kappa shape index (κ1) is 14.7. The van der Waals surface area contributed by atoms with E-state index in [1.54, 1.807) is 0 Å². The first-order valence-corrected chi connectivity index (χ1v) is 8.20. The van der Waals surface area contributed by atoms with Crippen molar-refractivity contribution in [3.05, 3.63) is 46.3 Å². The van der Waals surface area contributed by atoms with E-state index in [9.17, 15) is 13.2 Å². The minimum absolute atomic E-state index is 0.0247.